The summed E-state index contributed by atoms with van der Waals surface area (Å²) in [5.41, 5.74) is 1.83. The van der Waals surface area contributed by atoms with Crippen LogP contribution in [0, 0.1) is 5.92 Å². The highest BCUT2D eigenvalue weighted by Gasteiger charge is 2.25. The standard InChI is InChI=1S/C16H17ClN2O2S/c17-13-6-2-1-5-12(13)14-10-22-15(18-14)9-19-7-3-4-11(8-19)16(20)21/h1-2,5-6,10-11H,3-4,7-9H2,(H,20,21)/t11-/m1/s1. The Kier molecular flexibility index (Phi) is 4.76. The average molecular weight is 337 g/mol. The Balaban J connectivity index is 1.70. The minimum Gasteiger partial charge on any atom is -0.481 e. The summed E-state index contributed by atoms with van der Waals surface area (Å²) in [6.45, 7) is 2.25. The van der Waals surface area contributed by atoms with E-state index >= 15 is 0 Å². The van der Waals surface area contributed by atoms with Gasteiger partial charge in [-0.15, -0.1) is 11.3 Å². The predicted molar refractivity (Wildman–Crippen MR) is 88.2 cm³/mol. The molecule has 0 radical (unpaired) electrons. The van der Waals surface area contributed by atoms with Crippen molar-refractivity contribution in [3.8, 4) is 11.3 Å². The van der Waals surface area contributed by atoms with Crippen LogP contribution < -0.4 is 0 Å². The van der Waals surface area contributed by atoms with Crippen molar-refractivity contribution in [3.05, 3.63) is 39.7 Å². The van der Waals surface area contributed by atoms with E-state index in [2.05, 4.69) is 9.88 Å². The Hall–Kier alpha value is -1.43. The van der Waals surface area contributed by atoms with Crippen LogP contribution in [0.15, 0.2) is 29.6 Å². The number of carboxylic acid groups (broad SMARTS) is 1. The maximum Gasteiger partial charge on any atom is 0.307 e. The Morgan fingerprint density at radius 1 is 1.45 bits per heavy atom. The molecule has 4 nitrogen and oxygen atoms in total. The minimum atomic E-state index is -0.694. The number of aromatic nitrogens is 1. The van der Waals surface area contributed by atoms with Crippen molar-refractivity contribution < 1.29 is 9.90 Å². The second kappa shape index (κ2) is 6.77. The van der Waals surface area contributed by atoms with Gasteiger partial charge in [0.2, 0.25) is 0 Å². The van der Waals surface area contributed by atoms with Gasteiger partial charge in [-0.3, -0.25) is 9.69 Å². The molecule has 1 fully saturated rings. The van der Waals surface area contributed by atoms with Gasteiger partial charge >= 0.3 is 5.97 Å². The summed E-state index contributed by atoms with van der Waals surface area (Å²) >= 11 is 7.80. The van der Waals surface area contributed by atoms with Gasteiger partial charge < -0.3 is 5.11 Å². The number of thiazole rings is 1. The summed E-state index contributed by atoms with van der Waals surface area (Å²) in [4.78, 5) is 18.0. The zero-order valence-electron chi connectivity index (χ0n) is 12.0. The first kappa shape index (κ1) is 15.5. The molecule has 3 rings (SSSR count). The third kappa shape index (κ3) is 3.48. The van der Waals surface area contributed by atoms with Gasteiger partial charge in [0.15, 0.2) is 0 Å². The van der Waals surface area contributed by atoms with Crippen LogP contribution in [0.4, 0.5) is 0 Å². The van der Waals surface area contributed by atoms with E-state index in [0.717, 1.165) is 35.7 Å². The molecule has 6 heteroatoms. The smallest absolute Gasteiger partial charge is 0.307 e. The van der Waals surface area contributed by atoms with E-state index < -0.39 is 5.97 Å². The third-order valence-electron chi connectivity index (χ3n) is 3.92. The summed E-state index contributed by atoms with van der Waals surface area (Å²) in [7, 11) is 0. The SMILES string of the molecule is O=C(O)[C@@H]1CCCN(Cc2nc(-c3ccccc3Cl)cs2)C1. The van der Waals surface area contributed by atoms with Crippen molar-refractivity contribution in [2.24, 2.45) is 5.92 Å². The molecular weight excluding hydrogens is 320 g/mol. The van der Waals surface area contributed by atoms with E-state index in [0.29, 0.717) is 18.1 Å². The molecule has 22 heavy (non-hydrogen) atoms. The molecule has 1 aromatic carbocycles. The summed E-state index contributed by atoms with van der Waals surface area (Å²) in [5, 5.41) is 12.9. The van der Waals surface area contributed by atoms with Gasteiger partial charge in [-0.2, -0.15) is 0 Å². The van der Waals surface area contributed by atoms with Crippen LogP contribution in [0.25, 0.3) is 11.3 Å². The molecule has 116 valence electrons. The number of nitrogens with zero attached hydrogens (tertiary/aromatic N) is 2. The highest BCUT2D eigenvalue weighted by atomic mass is 35.5. The minimum absolute atomic E-state index is 0.253. The van der Waals surface area contributed by atoms with Crippen molar-refractivity contribution in [1.29, 1.82) is 0 Å². The van der Waals surface area contributed by atoms with Gasteiger partial charge in [0.25, 0.3) is 0 Å². The number of piperidine rings is 1. The van der Waals surface area contributed by atoms with Crippen molar-refractivity contribution >= 4 is 28.9 Å². The van der Waals surface area contributed by atoms with Crippen molar-refractivity contribution in [3.63, 3.8) is 0 Å². The molecule has 1 aliphatic heterocycles. The summed E-state index contributed by atoms with van der Waals surface area (Å²) in [6, 6.07) is 7.67. The van der Waals surface area contributed by atoms with Gasteiger partial charge in [-0.1, -0.05) is 29.8 Å². The highest BCUT2D eigenvalue weighted by molar-refractivity contribution is 7.09. The Bertz CT molecular complexity index is 674. The molecule has 0 unspecified atom stereocenters. The van der Waals surface area contributed by atoms with Crippen LogP contribution >= 0.6 is 22.9 Å². The molecule has 1 atom stereocenters. The fourth-order valence-electron chi connectivity index (χ4n) is 2.77. The van der Waals surface area contributed by atoms with Gasteiger partial charge in [0.1, 0.15) is 5.01 Å². The lowest BCUT2D eigenvalue weighted by Crippen LogP contribution is -2.38. The van der Waals surface area contributed by atoms with E-state index in [-0.39, 0.29) is 5.92 Å². The van der Waals surface area contributed by atoms with Gasteiger partial charge in [-0.25, -0.2) is 4.98 Å². The monoisotopic (exact) mass is 336 g/mol. The number of aliphatic carboxylic acids is 1. The molecule has 2 heterocycles. The van der Waals surface area contributed by atoms with E-state index in [4.69, 9.17) is 16.7 Å². The number of benzene rings is 1. The number of halogens is 1. The predicted octanol–water partition coefficient (Wildman–Crippen LogP) is 3.76. The second-order valence-electron chi connectivity index (χ2n) is 5.52. The molecule has 0 aliphatic carbocycles. The summed E-state index contributed by atoms with van der Waals surface area (Å²) in [5.74, 6) is -0.947. The quantitative estimate of drug-likeness (QED) is 0.923. The highest BCUT2D eigenvalue weighted by Crippen LogP contribution is 2.29. The Morgan fingerprint density at radius 2 is 2.27 bits per heavy atom. The summed E-state index contributed by atoms with van der Waals surface area (Å²) in [6.07, 6.45) is 1.70. The summed E-state index contributed by atoms with van der Waals surface area (Å²) < 4.78 is 0. The normalized spacial score (nSPS) is 19.2. The van der Waals surface area contributed by atoms with E-state index in [1.807, 2.05) is 29.6 Å². The number of rotatable bonds is 4. The first-order chi connectivity index (χ1) is 10.6. The zero-order chi connectivity index (χ0) is 15.5. The van der Waals surface area contributed by atoms with Gasteiger partial charge in [0, 0.05) is 22.5 Å². The molecule has 1 aromatic heterocycles. The fourth-order valence-corrected chi connectivity index (χ4v) is 3.84. The topological polar surface area (TPSA) is 53.4 Å². The Labute approximate surface area is 138 Å². The molecule has 1 N–H and O–H groups in total. The van der Waals surface area contributed by atoms with Crippen molar-refractivity contribution in [1.82, 2.24) is 9.88 Å². The van der Waals surface area contributed by atoms with Gasteiger partial charge in [0.05, 0.1) is 18.2 Å². The molecule has 0 amide bonds. The van der Waals surface area contributed by atoms with Crippen LogP contribution in [0.1, 0.15) is 17.8 Å². The lowest BCUT2D eigenvalue weighted by Gasteiger charge is -2.29. The number of likely N-dealkylation sites (tertiary alicyclic amines) is 1. The lowest BCUT2D eigenvalue weighted by molar-refractivity contribution is -0.143. The maximum atomic E-state index is 11.1. The largest absolute Gasteiger partial charge is 0.481 e. The molecule has 0 spiro atoms. The van der Waals surface area contributed by atoms with Crippen molar-refractivity contribution in [2.75, 3.05) is 13.1 Å². The number of hydrogen-bond donors (Lipinski definition) is 1. The van der Waals surface area contributed by atoms with Crippen LogP contribution in [-0.4, -0.2) is 34.0 Å². The van der Waals surface area contributed by atoms with Crippen LogP contribution in [0.2, 0.25) is 5.02 Å². The third-order valence-corrected chi connectivity index (χ3v) is 5.08. The van der Waals surface area contributed by atoms with E-state index in [1.54, 1.807) is 11.3 Å². The Morgan fingerprint density at radius 3 is 3.05 bits per heavy atom. The zero-order valence-corrected chi connectivity index (χ0v) is 13.6. The lowest BCUT2D eigenvalue weighted by atomic mass is 9.98. The first-order valence-corrected chi connectivity index (χ1v) is 8.53. The molecule has 1 aliphatic rings. The molecule has 0 saturated carbocycles. The fraction of sp³-hybridized carbons (Fsp3) is 0.375. The van der Waals surface area contributed by atoms with E-state index in [9.17, 15) is 4.79 Å². The molecule has 2 aromatic rings. The van der Waals surface area contributed by atoms with Crippen LogP contribution in [0.3, 0.4) is 0 Å². The number of hydrogen-bond acceptors (Lipinski definition) is 4. The van der Waals surface area contributed by atoms with Crippen LogP contribution in [0.5, 0.6) is 0 Å². The maximum absolute atomic E-state index is 11.1. The first-order valence-electron chi connectivity index (χ1n) is 7.28. The van der Waals surface area contributed by atoms with E-state index in [1.165, 1.54) is 0 Å². The van der Waals surface area contributed by atoms with Crippen LogP contribution in [-0.2, 0) is 11.3 Å². The van der Waals surface area contributed by atoms with Crippen molar-refractivity contribution in [2.45, 2.75) is 19.4 Å². The number of carbonyl (C=O) groups is 1. The average Bonchev–Trinajstić information content (AvgIpc) is 2.96. The second-order valence-corrected chi connectivity index (χ2v) is 6.87. The molecular formula is C16H17ClN2O2S. The number of carboxylic acids is 1. The molecule has 1 saturated heterocycles. The van der Waals surface area contributed by atoms with Gasteiger partial charge in [-0.05, 0) is 25.5 Å². The molecule has 0 bridgehead atoms.